The van der Waals surface area contributed by atoms with Gasteiger partial charge in [-0.3, -0.25) is 9.59 Å². The van der Waals surface area contributed by atoms with Crippen LogP contribution in [0.4, 0.5) is 0 Å². The molecule has 1 heterocycles. The highest BCUT2D eigenvalue weighted by Crippen LogP contribution is 2.09. The highest BCUT2D eigenvalue weighted by Gasteiger charge is 2.23. The first-order valence-electron chi connectivity index (χ1n) is 5.31. The summed E-state index contributed by atoms with van der Waals surface area (Å²) in [5.41, 5.74) is 4.92. The van der Waals surface area contributed by atoms with E-state index in [1.54, 1.807) is 13.8 Å². The molecule has 0 radical (unpaired) electrons. The minimum absolute atomic E-state index is 0.0367. The number of nitrogens with zero attached hydrogens (tertiary/aromatic N) is 2. The van der Waals surface area contributed by atoms with Gasteiger partial charge in [0.15, 0.2) is 0 Å². The second-order valence-electron chi connectivity index (χ2n) is 4.53. The molecule has 18 heavy (non-hydrogen) atoms. The minimum atomic E-state index is -0.738. The van der Waals surface area contributed by atoms with Crippen LogP contribution in [0.1, 0.15) is 36.3 Å². The number of nitriles is 1. The van der Waals surface area contributed by atoms with E-state index in [0.29, 0.717) is 5.56 Å². The van der Waals surface area contributed by atoms with Crippen molar-refractivity contribution in [3.8, 4) is 6.07 Å². The number of amides is 2. The third-order valence-corrected chi connectivity index (χ3v) is 2.19. The van der Waals surface area contributed by atoms with E-state index >= 15 is 0 Å². The van der Waals surface area contributed by atoms with E-state index in [-0.39, 0.29) is 12.1 Å². The summed E-state index contributed by atoms with van der Waals surface area (Å²) < 4.78 is 0. The predicted octanol–water partition coefficient (Wildman–Crippen LogP) is 0.337. The van der Waals surface area contributed by atoms with Gasteiger partial charge in [-0.25, -0.2) is 4.98 Å². The lowest BCUT2D eigenvalue weighted by molar-refractivity contribution is -0.119. The van der Waals surface area contributed by atoms with Gasteiger partial charge in [0.25, 0.3) is 5.91 Å². The van der Waals surface area contributed by atoms with E-state index in [4.69, 9.17) is 11.0 Å². The summed E-state index contributed by atoms with van der Waals surface area (Å²) in [4.78, 5) is 26.5. The Morgan fingerprint density at radius 1 is 1.50 bits per heavy atom. The van der Waals surface area contributed by atoms with Crippen molar-refractivity contribution < 1.29 is 9.59 Å². The van der Waals surface area contributed by atoms with Gasteiger partial charge in [-0.05, 0) is 26.0 Å². The molecular weight excluding hydrogens is 232 g/mol. The van der Waals surface area contributed by atoms with Crippen LogP contribution in [0.25, 0.3) is 0 Å². The van der Waals surface area contributed by atoms with E-state index in [9.17, 15) is 9.59 Å². The van der Waals surface area contributed by atoms with Crippen molar-refractivity contribution in [1.82, 2.24) is 10.3 Å². The van der Waals surface area contributed by atoms with Crippen molar-refractivity contribution in [3.63, 3.8) is 0 Å². The topological polar surface area (TPSA) is 109 Å². The Kier molecular flexibility index (Phi) is 4.00. The maximum absolute atomic E-state index is 11.8. The number of pyridine rings is 1. The highest BCUT2D eigenvalue weighted by molar-refractivity contribution is 5.93. The van der Waals surface area contributed by atoms with Gasteiger partial charge in [0.05, 0.1) is 5.56 Å². The number of carbonyl (C=O) groups excluding carboxylic acids is 2. The normalized spacial score (nSPS) is 10.5. The van der Waals surface area contributed by atoms with Crippen molar-refractivity contribution >= 4 is 11.8 Å². The SMILES string of the molecule is CC(C)(CC(N)=O)NC(=O)c1ccc(C#N)cn1. The van der Waals surface area contributed by atoms with E-state index in [2.05, 4.69) is 10.3 Å². The number of primary amides is 1. The van der Waals surface area contributed by atoms with Gasteiger partial charge in [-0.2, -0.15) is 5.26 Å². The van der Waals surface area contributed by atoms with Crippen molar-refractivity contribution in [3.05, 3.63) is 29.6 Å². The lowest BCUT2D eigenvalue weighted by atomic mass is 10.00. The summed E-state index contributed by atoms with van der Waals surface area (Å²) in [6.07, 6.45) is 1.35. The molecule has 2 amide bonds. The molecule has 6 nitrogen and oxygen atoms in total. The van der Waals surface area contributed by atoms with E-state index < -0.39 is 17.4 Å². The minimum Gasteiger partial charge on any atom is -0.370 e. The van der Waals surface area contributed by atoms with Crippen molar-refractivity contribution in [2.75, 3.05) is 0 Å². The fourth-order valence-electron chi connectivity index (χ4n) is 1.45. The molecule has 0 saturated carbocycles. The second kappa shape index (κ2) is 5.27. The average Bonchev–Trinajstić information content (AvgIpc) is 2.26. The molecule has 0 unspecified atom stereocenters. The Morgan fingerprint density at radius 3 is 2.61 bits per heavy atom. The zero-order valence-electron chi connectivity index (χ0n) is 10.2. The number of hydrogen-bond donors (Lipinski definition) is 2. The summed E-state index contributed by atoms with van der Waals surface area (Å²) in [6, 6.07) is 4.87. The highest BCUT2D eigenvalue weighted by atomic mass is 16.2. The number of hydrogen-bond acceptors (Lipinski definition) is 4. The zero-order chi connectivity index (χ0) is 13.8. The monoisotopic (exact) mass is 246 g/mol. The summed E-state index contributed by atoms with van der Waals surface area (Å²) in [6.45, 7) is 3.39. The zero-order valence-corrected chi connectivity index (χ0v) is 10.2. The van der Waals surface area contributed by atoms with Crippen molar-refractivity contribution in [2.24, 2.45) is 5.73 Å². The Labute approximate surface area is 105 Å². The summed E-state index contributed by atoms with van der Waals surface area (Å²) >= 11 is 0. The van der Waals surface area contributed by atoms with Crippen LogP contribution >= 0.6 is 0 Å². The molecule has 0 aliphatic carbocycles. The van der Waals surface area contributed by atoms with Crippen LogP contribution in [0.2, 0.25) is 0 Å². The lowest BCUT2D eigenvalue weighted by Gasteiger charge is -2.24. The largest absolute Gasteiger partial charge is 0.370 e. The molecular formula is C12H14N4O2. The van der Waals surface area contributed by atoms with Gasteiger partial charge >= 0.3 is 0 Å². The van der Waals surface area contributed by atoms with Crippen LogP contribution in [0.15, 0.2) is 18.3 Å². The van der Waals surface area contributed by atoms with Crippen LogP contribution < -0.4 is 11.1 Å². The number of rotatable bonds is 4. The number of aromatic nitrogens is 1. The molecule has 0 bridgehead atoms. The Morgan fingerprint density at radius 2 is 2.17 bits per heavy atom. The van der Waals surface area contributed by atoms with Gasteiger partial charge < -0.3 is 11.1 Å². The first kappa shape index (κ1) is 13.6. The molecule has 0 spiro atoms. The quantitative estimate of drug-likeness (QED) is 0.798. The number of nitrogens with two attached hydrogens (primary N) is 1. The summed E-state index contributed by atoms with van der Waals surface area (Å²) in [7, 11) is 0. The van der Waals surface area contributed by atoms with Crippen LogP contribution in [0.5, 0.6) is 0 Å². The van der Waals surface area contributed by atoms with Crippen LogP contribution in [0, 0.1) is 11.3 Å². The van der Waals surface area contributed by atoms with Crippen LogP contribution in [-0.2, 0) is 4.79 Å². The van der Waals surface area contributed by atoms with Gasteiger partial charge in [0.1, 0.15) is 11.8 Å². The Hall–Kier alpha value is -2.42. The predicted molar refractivity (Wildman–Crippen MR) is 64.3 cm³/mol. The molecule has 0 aromatic carbocycles. The Bertz CT molecular complexity index is 500. The van der Waals surface area contributed by atoms with E-state index in [0.717, 1.165) is 0 Å². The van der Waals surface area contributed by atoms with Gasteiger partial charge in [-0.1, -0.05) is 0 Å². The average molecular weight is 246 g/mol. The third-order valence-electron chi connectivity index (χ3n) is 2.19. The molecule has 6 heteroatoms. The van der Waals surface area contributed by atoms with Crippen molar-refractivity contribution in [2.45, 2.75) is 25.8 Å². The first-order chi connectivity index (χ1) is 8.34. The van der Waals surface area contributed by atoms with Crippen LogP contribution in [0.3, 0.4) is 0 Å². The first-order valence-corrected chi connectivity index (χ1v) is 5.31. The molecule has 1 rings (SSSR count). The molecule has 0 aliphatic rings. The lowest BCUT2D eigenvalue weighted by Crippen LogP contribution is -2.46. The molecule has 1 aromatic rings. The number of carbonyl (C=O) groups is 2. The maximum atomic E-state index is 11.8. The summed E-state index contributed by atoms with van der Waals surface area (Å²) in [5.74, 6) is -0.904. The summed E-state index contributed by atoms with van der Waals surface area (Å²) in [5, 5.41) is 11.3. The van der Waals surface area contributed by atoms with Crippen molar-refractivity contribution in [1.29, 1.82) is 5.26 Å². The standard InChI is InChI=1S/C12H14N4O2/c1-12(2,5-10(14)17)16-11(18)9-4-3-8(6-13)7-15-9/h3-4,7H,5H2,1-2H3,(H2,14,17)(H,16,18). The molecule has 0 fully saturated rings. The van der Waals surface area contributed by atoms with Gasteiger partial charge in [0, 0.05) is 18.2 Å². The molecule has 1 aromatic heterocycles. The fourth-order valence-corrected chi connectivity index (χ4v) is 1.45. The maximum Gasteiger partial charge on any atom is 0.270 e. The molecule has 94 valence electrons. The second-order valence-corrected chi connectivity index (χ2v) is 4.53. The van der Waals surface area contributed by atoms with E-state index in [1.165, 1.54) is 18.3 Å². The van der Waals surface area contributed by atoms with E-state index in [1.807, 2.05) is 6.07 Å². The third kappa shape index (κ3) is 3.87. The molecule has 0 aliphatic heterocycles. The fraction of sp³-hybridized carbons (Fsp3) is 0.333. The Balaban J connectivity index is 2.76. The smallest absolute Gasteiger partial charge is 0.270 e. The molecule has 0 saturated heterocycles. The number of nitrogens with one attached hydrogen (secondary N) is 1. The van der Waals surface area contributed by atoms with Crippen LogP contribution in [-0.4, -0.2) is 22.3 Å². The van der Waals surface area contributed by atoms with Gasteiger partial charge in [0.2, 0.25) is 5.91 Å². The van der Waals surface area contributed by atoms with Gasteiger partial charge in [-0.15, -0.1) is 0 Å². The molecule has 0 atom stereocenters. The molecule has 3 N–H and O–H groups in total.